The lowest BCUT2D eigenvalue weighted by atomic mass is 9.87. The second-order valence-electron chi connectivity index (χ2n) is 12.6. The van der Waals surface area contributed by atoms with E-state index < -0.39 is 0 Å². The Morgan fingerprint density at radius 3 is 2.38 bits per heavy atom. The van der Waals surface area contributed by atoms with Crippen LogP contribution in [0.4, 0.5) is 0 Å². The Bertz CT molecular complexity index is 1130. The average molecular weight is 539 g/mol. The second-order valence-corrected chi connectivity index (χ2v) is 12.6. The molecule has 1 saturated carbocycles. The zero-order valence-electron chi connectivity index (χ0n) is 24.2. The van der Waals surface area contributed by atoms with Gasteiger partial charge in [-0.2, -0.15) is 0 Å². The normalized spacial score (nSPS) is 24.6. The summed E-state index contributed by atoms with van der Waals surface area (Å²) in [6.07, 6.45) is 12.2. The number of nitrogens with one attached hydrogen (secondary N) is 2. The highest BCUT2D eigenvalue weighted by molar-refractivity contribution is 5.81. The number of nitrogens with zero attached hydrogens (tertiary/aromatic N) is 4. The van der Waals surface area contributed by atoms with Gasteiger partial charge in [0.25, 0.3) is 0 Å². The minimum Gasteiger partial charge on any atom is -0.353 e. The van der Waals surface area contributed by atoms with E-state index in [0.29, 0.717) is 6.54 Å². The van der Waals surface area contributed by atoms with Gasteiger partial charge in [0.15, 0.2) is 0 Å². The van der Waals surface area contributed by atoms with Crippen LogP contribution in [0.5, 0.6) is 0 Å². The Morgan fingerprint density at radius 1 is 0.974 bits per heavy atom. The van der Waals surface area contributed by atoms with E-state index in [1.807, 2.05) is 35.4 Å². The summed E-state index contributed by atoms with van der Waals surface area (Å²) in [4.78, 5) is 32.6. The molecule has 0 radical (unpaired) electrons. The van der Waals surface area contributed by atoms with Gasteiger partial charge in [0.1, 0.15) is 0 Å². The van der Waals surface area contributed by atoms with Gasteiger partial charge in [0.05, 0.1) is 23.0 Å². The lowest BCUT2D eigenvalue weighted by Gasteiger charge is -2.40. The topological polar surface area (TPSA) is 74.5 Å². The molecule has 1 aliphatic carbocycles. The number of piperidine rings is 2. The molecule has 2 N–H and O–H groups in total. The van der Waals surface area contributed by atoms with Crippen LogP contribution in [0.3, 0.4) is 0 Å². The highest BCUT2D eigenvalue weighted by atomic mass is 16.2. The number of hydrogen-bond donors (Lipinski definition) is 2. The predicted molar refractivity (Wildman–Crippen MR) is 158 cm³/mol. The van der Waals surface area contributed by atoms with Crippen molar-refractivity contribution in [2.75, 3.05) is 53.4 Å². The Morgan fingerprint density at radius 2 is 1.67 bits per heavy atom. The van der Waals surface area contributed by atoms with Crippen LogP contribution in [0.25, 0.3) is 11.0 Å². The van der Waals surface area contributed by atoms with Crippen LogP contribution >= 0.6 is 0 Å². The van der Waals surface area contributed by atoms with Crippen molar-refractivity contribution < 1.29 is 4.79 Å². The second kappa shape index (κ2) is 13.5. The van der Waals surface area contributed by atoms with E-state index in [-0.39, 0.29) is 29.6 Å². The van der Waals surface area contributed by atoms with Crippen LogP contribution in [0, 0.1) is 11.8 Å². The fourth-order valence-electron chi connectivity index (χ4n) is 7.17. The maximum absolute atomic E-state index is 14.0. The molecular weight excluding hydrogens is 488 g/mol. The van der Waals surface area contributed by atoms with Crippen LogP contribution in [0.15, 0.2) is 29.1 Å². The summed E-state index contributed by atoms with van der Waals surface area (Å²) in [6, 6.07) is 8.24. The summed E-state index contributed by atoms with van der Waals surface area (Å²) < 4.78 is 3.89. The van der Waals surface area contributed by atoms with Crippen LogP contribution in [-0.2, 0) is 11.3 Å². The SMILES string of the molecule is CN(C)CCn1c(=O)n([C@H]2CCN(CC3CCCCCCC3)C[C@@H]2C(=O)NC2CCNCC2)c2ccccc21. The third kappa shape index (κ3) is 6.95. The first-order valence-corrected chi connectivity index (χ1v) is 15.6. The summed E-state index contributed by atoms with van der Waals surface area (Å²) in [5.41, 5.74) is 1.95. The maximum Gasteiger partial charge on any atom is 0.329 e. The summed E-state index contributed by atoms with van der Waals surface area (Å²) in [6.45, 7) is 6.11. The Hall–Kier alpha value is -2.16. The molecule has 2 saturated heterocycles. The summed E-state index contributed by atoms with van der Waals surface area (Å²) in [5.74, 6) is 0.630. The molecule has 2 atom stereocenters. The van der Waals surface area contributed by atoms with Crippen molar-refractivity contribution in [3.05, 3.63) is 34.7 Å². The van der Waals surface area contributed by atoms with Gasteiger partial charge in [-0.3, -0.25) is 13.9 Å². The minimum absolute atomic E-state index is 0.0242. The number of carbonyl (C=O) groups is 1. The largest absolute Gasteiger partial charge is 0.353 e. The van der Waals surface area contributed by atoms with Gasteiger partial charge in [-0.25, -0.2) is 4.79 Å². The molecule has 3 heterocycles. The molecule has 39 heavy (non-hydrogen) atoms. The van der Waals surface area contributed by atoms with Crippen molar-refractivity contribution in [1.82, 2.24) is 29.6 Å². The highest BCUT2D eigenvalue weighted by Gasteiger charge is 2.38. The molecule has 0 unspecified atom stereocenters. The van der Waals surface area contributed by atoms with E-state index in [4.69, 9.17) is 0 Å². The van der Waals surface area contributed by atoms with Gasteiger partial charge in [-0.15, -0.1) is 0 Å². The smallest absolute Gasteiger partial charge is 0.329 e. The van der Waals surface area contributed by atoms with Crippen molar-refractivity contribution in [2.45, 2.75) is 82.8 Å². The van der Waals surface area contributed by atoms with Crippen LogP contribution in [-0.4, -0.2) is 84.2 Å². The third-order valence-electron chi connectivity index (χ3n) is 9.40. The number of amides is 1. The molecular formula is C31H50N6O2. The number of fused-ring (bicyclic) bond motifs is 1. The van der Waals surface area contributed by atoms with E-state index >= 15 is 0 Å². The third-order valence-corrected chi connectivity index (χ3v) is 9.40. The molecule has 216 valence electrons. The van der Waals surface area contributed by atoms with E-state index in [0.717, 1.165) is 75.5 Å². The van der Waals surface area contributed by atoms with E-state index in [1.54, 1.807) is 0 Å². The summed E-state index contributed by atoms with van der Waals surface area (Å²) in [5, 5.41) is 6.81. The van der Waals surface area contributed by atoms with Crippen molar-refractivity contribution >= 4 is 16.9 Å². The van der Waals surface area contributed by atoms with Gasteiger partial charge in [0.2, 0.25) is 5.91 Å². The first-order valence-electron chi connectivity index (χ1n) is 15.6. The Balaban J connectivity index is 1.42. The van der Waals surface area contributed by atoms with Crippen molar-refractivity contribution in [2.24, 2.45) is 11.8 Å². The van der Waals surface area contributed by atoms with Crippen molar-refractivity contribution in [3.8, 4) is 0 Å². The number of rotatable bonds is 8. The van der Waals surface area contributed by atoms with E-state index in [9.17, 15) is 9.59 Å². The number of imidazole rings is 1. The highest BCUT2D eigenvalue weighted by Crippen LogP contribution is 2.33. The molecule has 1 amide bonds. The minimum atomic E-state index is -0.229. The number of aromatic nitrogens is 2. The Kier molecular flexibility index (Phi) is 9.80. The van der Waals surface area contributed by atoms with Gasteiger partial charge in [-0.05, 0) is 77.3 Å². The molecule has 3 fully saturated rings. The number of benzene rings is 1. The lowest BCUT2D eigenvalue weighted by molar-refractivity contribution is -0.129. The monoisotopic (exact) mass is 538 g/mol. The molecule has 0 bridgehead atoms. The first kappa shape index (κ1) is 28.4. The van der Waals surface area contributed by atoms with Crippen LogP contribution in [0.1, 0.15) is 70.3 Å². The van der Waals surface area contributed by atoms with Crippen LogP contribution < -0.4 is 16.3 Å². The van der Waals surface area contributed by atoms with Crippen molar-refractivity contribution in [3.63, 3.8) is 0 Å². The van der Waals surface area contributed by atoms with Crippen LogP contribution in [0.2, 0.25) is 0 Å². The Labute approximate surface area is 234 Å². The lowest BCUT2D eigenvalue weighted by Crippen LogP contribution is -2.53. The molecule has 8 nitrogen and oxygen atoms in total. The number of likely N-dealkylation sites (tertiary alicyclic amines) is 1. The molecule has 2 aromatic rings. The standard InChI is InChI=1S/C31H50N6O2/c1-34(2)20-21-36-28-12-8-9-13-29(28)37(31(36)39)27-16-19-35(22-24-10-6-4-3-5-7-11-24)23-26(27)30(38)33-25-14-17-32-18-15-25/h8-9,12-13,24-27,32H,3-7,10-11,14-23H2,1-2H3,(H,33,38)/t26-,27-/m0/s1. The zero-order valence-corrected chi connectivity index (χ0v) is 24.2. The number of carbonyl (C=O) groups excluding carboxylic acids is 1. The summed E-state index contributed by atoms with van der Waals surface area (Å²) >= 11 is 0. The van der Waals surface area contributed by atoms with E-state index in [2.05, 4.69) is 32.6 Å². The molecule has 8 heteroatoms. The first-order chi connectivity index (χ1) is 19.0. The molecule has 1 aromatic heterocycles. The molecule has 0 spiro atoms. The average Bonchev–Trinajstić information content (AvgIpc) is 3.20. The number of hydrogen-bond acceptors (Lipinski definition) is 5. The van der Waals surface area contributed by atoms with Gasteiger partial charge < -0.3 is 20.4 Å². The molecule has 3 aliphatic rings. The predicted octanol–water partition coefficient (Wildman–Crippen LogP) is 3.46. The fraction of sp³-hybridized carbons (Fsp3) is 0.742. The number of likely N-dealkylation sites (N-methyl/N-ethyl adjacent to an activating group) is 1. The fourth-order valence-corrected chi connectivity index (χ4v) is 7.17. The molecule has 5 rings (SSSR count). The van der Waals surface area contributed by atoms with E-state index in [1.165, 1.54) is 44.9 Å². The molecule has 2 aliphatic heterocycles. The zero-order chi connectivity index (χ0) is 27.2. The summed E-state index contributed by atoms with van der Waals surface area (Å²) in [7, 11) is 4.08. The van der Waals surface area contributed by atoms with Gasteiger partial charge in [-0.1, -0.05) is 44.2 Å². The van der Waals surface area contributed by atoms with Gasteiger partial charge >= 0.3 is 5.69 Å². The number of para-hydroxylation sites is 2. The van der Waals surface area contributed by atoms with Gasteiger partial charge in [0, 0.05) is 38.8 Å². The maximum atomic E-state index is 14.0. The molecule has 1 aromatic carbocycles. The quantitative estimate of drug-likeness (QED) is 0.539. The van der Waals surface area contributed by atoms with Crippen molar-refractivity contribution in [1.29, 1.82) is 0 Å².